The molecular weight excluding hydrogens is 392 g/mol. The predicted octanol–water partition coefficient (Wildman–Crippen LogP) is -2.17. The second kappa shape index (κ2) is 10.5. The Hall–Kier alpha value is -2.25. The maximum Gasteiger partial charge on any atom is 0.331 e. The van der Waals surface area contributed by atoms with Gasteiger partial charge in [0.1, 0.15) is 24.4 Å². The number of aliphatic hydroxyl groups is 5. The van der Waals surface area contributed by atoms with Gasteiger partial charge in [0.2, 0.25) is 0 Å². The van der Waals surface area contributed by atoms with E-state index in [-0.39, 0.29) is 11.5 Å². The summed E-state index contributed by atoms with van der Waals surface area (Å²) in [5, 5.41) is 66.5. The molecule has 0 aliphatic carbocycles. The quantitative estimate of drug-likeness (QED) is 0.139. The second-order valence-electron chi connectivity index (χ2n) is 6.36. The van der Waals surface area contributed by atoms with Gasteiger partial charge >= 0.3 is 5.97 Å². The molecule has 1 fully saturated rings. The van der Waals surface area contributed by atoms with Gasteiger partial charge < -0.3 is 50.0 Å². The minimum atomic E-state index is -1.66. The van der Waals surface area contributed by atoms with E-state index >= 15 is 0 Å². The SMILES string of the molecule is O=C(C=Cc1ccc(O)c(O)c1)OC1C(CO)OC(OCC(O)CO)C(O)C1O. The molecule has 0 radical (unpaired) electrons. The number of aromatic hydroxyl groups is 2. The van der Waals surface area contributed by atoms with Gasteiger partial charge in [0, 0.05) is 6.08 Å². The lowest BCUT2D eigenvalue weighted by atomic mass is 9.99. The molecule has 1 heterocycles. The number of aliphatic hydroxyl groups excluding tert-OH is 5. The van der Waals surface area contributed by atoms with Crippen molar-refractivity contribution in [1.82, 2.24) is 0 Å². The molecule has 0 amide bonds. The Morgan fingerprint density at radius 2 is 1.90 bits per heavy atom. The van der Waals surface area contributed by atoms with E-state index in [4.69, 9.17) is 19.3 Å². The van der Waals surface area contributed by atoms with Crippen LogP contribution in [0, 0.1) is 0 Å². The van der Waals surface area contributed by atoms with Gasteiger partial charge in [-0.05, 0) is 23.8 Å². The zero-order chi connectivity index (χ0) is 21.6. The molecule has 1 aromatic carbocycles. The Balaban J connectivity index is 2.00. The third-order valence-corrected chi connectivity index (χ3v) is 4.15. The summed E-state index contributed by atoms with van der Waals surface area (Å²) in [7, 11) is 0. The highest BCUT2D eigenvalue weighted by Gasteiger charge is 2.47. The lowest BCUT2D eigenvalue weighted by molar-refractivity contribution is -0.306. The smallest absolute Gasteiger partial charge is 0.331 e. The molecule has 11 nitrogen and oxygen atoms in total. The third-order valence-electron chi connectivity index (χ3n) is 4.15. The zero-order valence-corrected chi connectivity index (χ0v) is 15.2. The number of carbonyl (C=O) groups excluding carboxylic acids is 1. The molecule has 0 bridgehead atoms. The van der Waals surface area contributed by atoms with E-state index in [9.17, 15) is 35.4 Å². The van der Waals surface area contributed by atoms with Crippen LogP contribution < -0.4 is 0 Å². The molecule has 6 unspecified atom stereocenters. The Labute approximate surface area is 165 Å². The summed E-state index contributed by atoms with van der Waals surface area (Å²) in [4.78, 5) is 12.0. The summed E-state index contributed by atoms with van der Waals surface area (Å²) in [5.74, 6) is -1.63. The fourth-order valence-electron chi connectivity index (χ4n) is 2.58. The molecule has 0 saturated carbocycles. The number of hydrogen-bond acceptors (Lipinski definition) is 11. The largest absolute Gasteiger partial charge is 0.504 e. The van der Waals surface area contributed by atoms with Crippen LogP contribution in [-0.2, 0) is 19.0 Å². The van der Waals surface area contributed by atoms with Crippen LogP contribution >= 0.6 is 0 Å². The average molecular weight is 416 g/mol. The summed E-state index contributed by atoms with van der Waals surface area (Å²) in [6.45, 7) is -1.64. The van der Waals surface area contributed by atoms with Gasteiger partial charge in [-0.25, -0.2) is 4.79 Å². The van der Waals surface area contributed by atoms with Gasteiger partial charge in [-0.1, -0.05) is 6.07 Å². The van der Waals surface area contributed by atoms with Crippen LogP contribution in [0.2, 0.25) is 0 Å². The Morgan fingerprint density at radius 1 is 1.17 bits per heavy atom. The van der Waals surface area contributed by atoms with E-state index in [1.165, 1.54) is 24.3 Å². The predicted molar refractivity (Wildman–Crippen MR) is 95.5 cm³/mol. The van der Waals surface area contributed by atoms with Crippen molar-refractivity contribution in [1.29, 1.82) is 0 Å². The maximum atomic E-state index is 12.0. The number of phenols is 2. The van der Waals surface area contributed by atoms with E-state index < -0.39 is 62.6 Å². The lowest BCUT2D eigenvalue weighted by Crippen LogP contribution is -2.60. The fourth-order valence-corrected chi connectivity index (χ4v) is 2.58. The Kier molecular flexibility index (Phi) is 8.34. The van der Waals surface area contributed by atoms with E-state index in [0.717, 1.165) is 6.08 Å². The Bertz CT molecular complexity index is 705. The number of esters is 1. The summed E-state index contributed by atoms with van der Waals surface area (Å²) < 4.78 is 15.4. The first-order chi connectivity index (χ1) is 13.8. The standard InChI is InChI=1S/C18H24O11/c19-6-10(21)8-27-18-16(26)15(25)17(13(7-20)28-18)29-14(24)4-2-9-1-3-11(22)12(23)5-9/h1-5,10,13,15-23,25-26H,6-8H2. The second-order valence-corrected chi connectivity index (χ2v) is 6.36. The average Bonchev–Trinajstić information content (AvgIpc) is 2.71. The molecule has 1 saturated heterocycles. The van der Waals surface area contributed by atoms with Gasteiger partial charge in [0.15, 0.2) is 23.9 Å². The van der Waals surface area contributed by atoms with Crippen LogP contribution in [-0.4, -0.2) is 98.3 Å². The van der Waals surface area contributed by atoms with Crippen LogP contribution in [0.5, 0.6) is 11.5 Å². The van der Waals surface area contributed by atoms with Crippen molar-refractivity contribution in [2.24, 2.45) is 0 Å². The summed E-state index contributed by atoms with van der Waals surface area (Å²) in [6.07, 6.45) is -6.33. The van der Waals surface area contributed by atoms with Gasteiger partial charge in [0.05, 0.1) is 19.8 Å². The molecule has 11 heteroatoms. The number of rotatable bonds is 8. The van der Waals surface area contributed by atoms with Crippen molar-refractivity contribution in [3.63, 3.8) is 0 Å². The number of benzene rings is 1. The van der Waals surface area contributed by atoms with Crippen LogP contribution in [0.3, 0.4) is 0 Å². The fraction of sp³-hybridized carbons (Fsp3) is 0.500. The topological polar surface area (TPSA) is 186 Å². The molecule has 29 heavy (non-hydrogen) atoms. The molecule has 1 aliphatic heterocycles. The lowest BCUT2D eigenvalue weighted by Gasteiger charge is -2.41. The highest BCUT2D eigenvalue weighted by Crippen LogP contribution is 2.26. The number of carbonyl (C=O) groups is 1. The molecule has 0 spiro atoms. The van der Waals surface area contributed by atoms with Gasteiger partial charge in [-0.2, -0.15) is 0 Å². The molecule has 1 aliphatic rings. The number of phenolic OH excluding ortho intramolecular Hbond substituents is 2. The number of hydrogen-bond donors (Lipinski definition) is 7. The van der Waals surface area contributed by atoms with Crippen molar-refractivity contribution < 1.29 is 54.8 Å². The minimum absolute atomic E-state index is 0.324. The van der Waals surface area contributed by atoms with E-state index in [1.807, 2.05) is 0 Å². The van der Waals surface area contributed by atoms with Crippen LogP contribution in [0.4, 0.5) is 0 Å². The zero-order valence-electron chi connectivity index (χ0n) is 15.2. The van der Waals surface area contributed by atoms with E-state index in [1.54, 1.807) is 0 Å². The van der Waals surface area contributed by atoms with Gasteiger partial charge in [-0.15, -0.1) is 0 Å². The first kappa shape index (κ1) is 23.0. The van der Waals surface area contributed by atoms with Crippen LogP contribution in [0.25, 0.3) is 6.08 Å². The molecule has 6 atom stereocenters. The van der Waals surface area contributed by atoms with Crippen molar-refractivity contribution in [3.05, 3.63) is 29.8 Å². The van der Waals surface area contributed by atoms with Gasteiger partial charge in [0.25, 0.3) is 0 Å². The number of ether oxygens (including phenoxy) is 3. The molecule has 162 valence electrons. The monoisotopic (exact) mass is 416 g/mol. The normalized spacial score (nSPS) is 28.4. The molecule has 0 aromatic heterocycles. The summed E-state index contributed by atoms with van der Waals surface area (Å²) in [5.41, 5.74) is 0.382. The van der Waals surface area contributed by atoms with E-state index in [0.29, 0.717) is 5.56 Å². The molecule has 2 rings (SSSR count). The van der Waals surface area contributed by atoms with Crippen molar-refractivity contribution in [2.75, 3.05) is 19.8 Å². The molecule has 7 N–H and O–H groups in total. The van der Waals surface area contributed by atoms with Gasteiger partial charge in [-0.3, -0.25) is 0 Å². The minimum Gasteiger partial charge on any atom is -0.504 e. The van der Waals surface area contributed by atoms with Crippen molar-refractivity contribution in [3.8, 4) is 11.5 Å². The van der Waals surface area contributed by atoms with Crippen LogP contribution in [0.15, 0.2) is 24.3 Å². The van der Waals surface area contributed by atoms with E-state index in [2.05, 4.69) is 0 Å². The van der Waals surface area contributed by atoms with Crippen molar-refractivity contribution in [2.45, 2.75) is 36.8 Å². The maximum absolute atomic E-state index is 12.0. The summed E-state index contributed by atoms with van der Waals surface area (Å²) in [6, 6.07) is 3.87. The highest BCUT2D eigenvalue weighted by molar-refractivity contribution is 5.87. The summed E-state index contributed by atoms with van der Waals surface area (Å²) >= 11 is 0. The highest BCUT2D eigenvalue weighted by atomic mass is 16.7. The molecule has 1 aromatic rings. The first-order valence-corrected chi connectivity index (χ1v) is 8.70. The molecular formula is C18H24O11. The third kappa shape index (κ3) is 6.11. The Morgan fingerprint density at radius 3 is 2.52 bits per heavy atom. The van der Waals surface area contributed by atoms with Crippen molar-refractivity contribution >= 4 is 12.0 Å². The van der Waals surface area contributed by atoms with Crippen LogP contribution in [0.1, 0.15) is 5.56 Å². The first-order valence-electron chi connectivity index (χ1n) is 8.70.